The molecule has 114 valence electrons. The van der Waals surface area contributed by atoms with Crippen LogP contribution in [0.25, 0.3) is 0 Å². The Hall–Kier alpha value is -1.95. The normalized spacial score (nSPS) is 22.4. The maximum absolute atomic E-state index is 13.9. The third kappa shape index (κ3) is 2.76. The highest BCUT2D eigenvalue weighted by Crippen LogP contribution is 2.34. The molecule has 1 saturated heterocycles. The summed E-state index contributed by atoms with van der Waals surface area (Å²) in [5.74, 6) is -1.96. The van der Waals surface area contributed by atoms with E-state index < -0.39 is 23.2 Å². The molecule has 6 heteroatoms. The van der Waals surface area contributed by atoms with Crippen LogP contribution in [0, 0.1) is 5.82 Å². The molecular formula is C15H19FN2O3. The van der Waals surface area contributed by atoms with Crippen LogP contribution in [0.5, 0.6) is 0 Å². The maximum atomic E-state index is 13.9. The first-order chi connectivity index (χ1) is 9.90. The summed E-state index contributed by atoms with van der Waals surface area (Å²) in [5, 5.41) is 9.51. The summed E-state index contributed by atoms with van der Waals surface area (Å²) in [6.45, 7) is 2.58. The van der Waals surface area contributed by atoms with Gasteiger partial charge in [0.1, 0.15) is 11.4 Å². The van der Waals surface area contributed by atoms with Crippen LogP contribution in [0.3, 0.4) is 0 Å². The topological polar surface area (TPSA) is 83.6 Å². The van der Waals surface area contributed by atoms with Gasteiger partial charge in [-0.15, -0.1) is 0 Å². The van der Waals surface area contributed by atoms with Gasteiger partial charge in [-0.1, -0.05) is 6.92 Å². The SMILES string of the molecule is CCC1(C(=O)O)CCCN1Cc1cc(C(N)=O)ccc1F. The highest BCUT2D eigenvalue weighted by Gasteiger charge is 2.46. The number of nitrogens with two attached hydrogens (primary N) is 1. The lowest BCUT2D eigenvalue weighted by atomic mass is 9.92. The van der Waals surface area contributed by atoms with Crippen molar-refractivity contribution in [2.24, 2.45) is 5.73 Å². The number of primary amides is 1. The summed E-state index contributed by atoms with van der Waals surface area (Å²) in [5.41, 5.74) is 4.77. The molecule has 5 nitrogen and oxygen atoms in total. The van der Waals surface area contributed by atoms with Crippen molar-refractivity contribution >= 4 is 11.9 Å². The minimum Gasteiger partial charge on any atom is -0.480 e. The Balaban J connectivity index is 2.31. The highest BCUT2D eigenvalue weighted by atomic mass is 19.1. The van der Waals surface area contributed by atoms with Gasteiger partial charge in [0.2, 0.25) is 5.91 Å². The minimum absolute atomic E-state index is 0.160. The van der Waals surface area contributed by atoms with Crippen molar-refractivity contribution in [1.82, 2.24) is 4.90 Å². The van der Waals surface area contributed by atoms with Crippen LogP contribution in [0.2, 0.25) is 0 Å². The van der Waals surface area contributed by atoms with E-state index in [1.807, 2.05) is 6.92 Å². The smallest absolute Gasteiger partial charge is 0.324 e. The molecule has 1 aromatic rings. The van der Waals surface area contributed by atoms with Crippen LogP contribution in [0.4, 0.5) is 4.39 Å². The monoisotopic (exact) mass is 294 g/mol. The van der Waals surface area contributed by atoms with Crippen LogP contribution in [0.1, 0.15) is 42.1 Å². The second-order valence-corrected chi connectivity index (χ2v) is 5.39. The van der Waals surface area contributed by atoms with Crippen molar-refractivity contribution in [2.75, 3.05) is 6.54 Å². The average Bonchev–Trinajstić information content (AvgIpc) is 2.85. The van der Waals surface area contributed by atoms with Crippen molar-refractivity contribution in [3.05, 3.63) is 35.1 Å². The zero-order valence-corrected chi connectivity index (χ0v) is 11.9. The van der Waals surface area contributed by atoms with Gasteiger partial charge in [-0.25, -0.2) is 4.39 Å². The number of benzene rings is 1. The predicted octanol–water partition coefficient (Wildman–Crippen LogP) is 1.75. The molecule has 1 aromatic carbocycles. The number of hydrogen-bond donors (Lipinski definition) is 2. The first-order valence-electron chi connectivity index (χ1n) is 6.97. The number of halogens is 1. The lowest BCUT2D eigenvalue weighted by Gasteiger charge is -2.34. The van der Waals surface area contributed by atoms with Gasteiger partial charge in [-0.2, -0.15) is 0 Å². The Morgan fingerprint density at radius 2 is 2.19 bits per heavy atom. The number of aliphatic carboxylic acids is 1. The summed E-state index contributed by atoms with van der Waals surface area (Å²) in [4.78, 5) is 24.6. The third-order valence-corrected chi connectivity index (χ3v) is 4.30. The van der Waals surface area contributed by atoms with Crippen molar-refractivity contribution in [1.29, 1.82) is 0 Å². The van der Waals surface area contributed by atoms with E-state index in [0.717, 1.165) is 6.42 Å². The maximum Gasteiger partial charge on any atom is 0.324 e. The second kappa shape index (κ2) is 5.81. The first-order valence-corrected chi connectivity index (χ1v) is 6.97. The Labute approximate surface area is 122 Å². The van der Waals surface area contributed by atoms with E-state index >= 15 is 0 Å². The number of rotatable bonds is 5. The molecule has 1 aliphatic rings. The molecular weight excluding hydrogens is 275 g/mol. The second-order valence-electron chi connectivity index (χ2n) is 5.39. The van der Waals surface area contributed by atoms with Crippen LogP contribution in [0.15, 0.2) is 18.2 Å². The van der Waals surface area contributed by atoms with E-state index in [1.54, 1.807) is 4.90 Å². The predicted molar refractivity (Wildman–Crippen MR) is 75.2 cm³/mol. The fourth-order valence-corrected chi connectivity index (χ4v) is 3.01. The van der Waals surface area contributed by atoms with Crippen LogP contribution in [-0.4, -0.2) is 34.0 Å². The summed E-state index contributed by atoms with van der Waals surface area (Å²) >= 11 is 0. The standard InChI is InChI=1S/C15H19FN2O3/c1-2-15(14(20)21)6-3-7-18(15)9-11-8-10(13(17)19)4-5-12(11)16/h4-5,8H,2-3,6-7,9H2,1H3,(H2,17,19)(H,20,21). The number of amides is 1. The summed E-state index contributed by atoms with van der Waals surface area (Å²) in [6, 6.07) is 3.92. The Kier molecular flexibility index (Phi) is 4.27. The Morgan fingerprint density at radius 3 is 2.76 bits per heavy atom. The first kappa shape index (κ1) is 15.4. The van der Waals surface area contributed by atoms with E-state index in [-0.39, 0.29) is 12.1 Å². The Bertz CT molecular complexity index is 576. The van der Waals surface area contributed by atoms with Crippen LogP contribution < -0.4 is 5.73 Å². The number of carboxylic acid groups (broad SMARTS) is 1. The molecule has 0 bridgehead atoms. The number of carbonyl (C=O) groups is 2. The molecule has 0 aromatic heterocycles. The van der Waals surface area contributed by atoms with Gasteiger partial charge < -0.3 is 10.8 Å². The molecule has 1 fully saturated rings. The summed E-state index contributed by atoms with van der Waals surface area (Å²) < 4.78 is 13.9. The highest BCUT2D eigenvalue weighted by molar-refractivity contribution is 5.92. The molecule has 1 heterocycles. The van der Waals surface area contributed by atoms with Gasteiger partial charge in [0.15, 0.2) is 0 Å². The van der Waals surface area contributed by atoms with E-state index in [0.29, 0.717) is 24.9 Å². The molecule has 1 aliphatic heterocycles. The zero-order valence-electron chi connectivity index (χ0n) is 11.9. The number of nitrogens with zero attached hydrogens (tertiary/aromatic N) is 1. The molecule has 1 amide bonds. The molecule has 2 rings (SSSR count). The summed E-state index contributed by atoms with van der Waals surface area (Å²) in [7, 11) is 0. The zero-order chi connectivity index (χ0) is 15.6. The molecule has 1 unspecified atom stereocenters. The largest absolute Gasteiger partial charge is 0.480 e. The molecule has 3 N–H and O–H groups in total. The van der Waals surface area contributed by atoms with Gasteiger partial charge in [-0.3, -0.25) is 14.5 Å². The molecule has 21 heavy (non-hydrogen) atoms. The average molecular weight is 294 g/mol. The lowest BCUT2D eigenvalue weighted by molar-refractivity contribution is -0.150. The summed E-state index contributed by atoms with van der Waals surface area (Å²) in [6.07, 6.45) is 1.77. The van der Waals surface area contributed by atoms with Gasteiger partial charge in [0, 0.05) is 17.7 Å². The van der Waals surface area contributed by atoms with E-state index in [4.69, 9.17) is 5.73 Å². The number of likely N-dealkylation sites (tertiary alicyclic amines) is 1. The fourth-order valence-electron chi connectivity index (χ4n) is 3.01. The number of hydrogen-bond acceptors (Lipinski definition) is 3. The van der Waals surface area contributed by atoms with E-state index in [1.165, 1.54) is 18.2 Å². The fraction of sp³-hybridized carbons (Fsp3) is 0.467. The molecule has 0 aliphatic carbocycles. The molecule has 0 radical (unpaired) electrons. The Morgan fingerprint density at radius 1 is 1.48 bits per heavy atom. The van der Waals surface area contributed by atoms with Crippen LogP contribution >= 0.6 is 0 Å². The minimum atomic E-state index is -0.949. The number of carbonyl (C=O) groups excluding carboxylic acids is 1. The van der Waals surface area contributed by atoms with Crippen molar-refractivity contribution in [3.8, 4) is 0 Å². The van der Waals surface area contributed by atoms with E-state index in [2.05, 4.69) is 0 Å². The van der Waals surface area contributed by atoms with Crippen molar-refractivity contribution in [2.45, 2.75) is 38.3 Å². The van der Waals surface area contributed by atoms with Crippen molar-refractivity contribution < 1.29 is 19.1 Å². The quantitative estimate of drug-likeness (QED) is 0.866. The van der Waals surface area contributed by atoms with Gasteiger partial charge >= 0.3 is 5.97 Å². The van der Waals surface area contributed by atoms with Gasteiger partial charge in [0.05, 0.1) is 0 Å². The van der Waals surface area contributed by atoms with Crippen molar-refractivity contribution in [3.63, 3.8) is 0 Å². The molecule has 0 saturated carbocycles. The molecule has 0 spiro atoms. The number of carboxylic acids is 1. The third-order valence-electron chi connectivity index (χ3n) is 4.30. The van der Waals surface area contributed by atoms with Gasteiger partial charge in [-0.05, 0) is 44.0 Å². The van der Waals surface area contributed by atoms with Gasteiger partial charge in [0.25, 0.3) is 0 Å². The van der Waals surface area contributed by atoms with Crippen LogP contribution in [-0.2, 0) is 11.3 Å². The van der Waals surface area contributed by atoms with E-state index in [9.17, 15) is 19.1 Å². The molecule has 1 atom stereocenters. The lowest BCUT2D eigenvalue weighted by Crippen LogP contribution is -2.49.